The summed E-state index contributed by atoms with van der Waals surface area (Å²) in [6.07, 6.45) is 2.80. The largest absolute Gasteiger partial charge is 0.496 e. The molecule has 0 aliphatic rings. The lowest BCUT2D eigenvalue weighted by Gasteiger charge is -2.12. The maximum Gasteiger partial charge on any atom is 0.305 e. The standard InChI is InChI=1S/C22H22N2O6/c1-13-15-7-5-6-8-16(15)30-21(13)22(26)24-23-20(25)10-9-14-11-18(28-3)19(29-4)12-17(14)27-2/h5-12H,1-4H3,(H,23,25)(H,24,26)/b10-9+. The second-order valence-electron chi connectivity index (χ2n) is 6.28. The first-order valence-electron chi connectivity index (χ1n) is 9.05. The number of carbonyl (C=O) groups excluding carboxylic acids is 2. The molecule has 2 amide bonds. The first-order valence-corrected chi connectivity index (χ1v) is 9.05. The van der Waals surface area contributed by atoms with Crippen molar-refractivity contribution in [3.8, 4) is 17.2 Å². The van der Waals surface area contributed by atoms with Gasteiger partial charge in [0.05, 0.1) is 21.3 Å². The Kier molecular flexibility index (Phi) is 6.26. The fourth-order valence-corrected chi connectivity index (χ4v) is 2.96. The molecule has 2 aromatic carbocycles. The van der Waals surface area contributed by atoms with E-state index in [0.29, 0.717) is 34.0 Å². The summed E-state index contributed by atoms with van der Waals surface area (Å²) in [6.45, 7) is 1.78. The molecule has 30 heavy (non-hydrogen) atoms. The van der Waals surface area contributed by atoms with Gasteiger partial charge in [0.15, 0.2) is 17.3 Å². The summed E-state index contributed by atoms with van der Waals surface area (Å²) in [4.78, 5) is 24.5. The molecule has 3 rings (SSSR count). The van der Waals surface area contributed by atoms with Crippen LogP contribution in [0.1, 0.15) is 21.7 Å². The number of furan rings is 1. The van der Waals surface area contributed by atoms with Crippen molar-refractivity contribution in [1.29, 1.82) is 0 Å². The number of aryl methyl sites for hydroxylation is 1. The van der Waals surface area contributed by atoms with Gasteiger partial charge < -0.3 is 18.6 Å². The van der Waals surface area contributed by atoms with Crippen LogP contribution in [0.2, 0.25) is 0 Å². The first-order chi connectivity index (χ1) is 14.5. The monoisotopic (exact) mass is 410 g/mol. The third-order valence-corrected chi connectivity index (χ3v) is 4.50. The van der Waals surface area contributed by atoms with Crippen LogP contribution >= 0.6 is 0 Å². The van der Waals surface area contributed by atoms with Gasteiger partial charge in [-0.25, -0.2) is 0 Å². The Hall–Kier alpha value is -3.94. The van der Waals surface area contributed by atoms with Crippen molar-refractivity contribution >= 4 is 28.9 Å². The molecule has 8 nitrogen and oxygen atoms in total. The quantitative estimate of drug-likeness (QED) is 0.478. The maximum absolute atomic E-state index is 12.4. The highest BCUT2D eigenvalue weighted by Crippen LogP contribution is 2.35. The molecule has 0 unspecified atom stereocenters. The number of fused-ring (bicyclic) bond motifs is 1. The molecule has 0 bridgehead atoms. The van der Waals surface area contributed by atoms with Crippen molar-refractivity contribution in [2.45, 2.75) is 6.92 Å². The van der Waals surface area contributed by atoms with E-state index in [1.807, 2.05) is 18.2 Å². The smallest absolute Gasteiger partial charge is 0.305 e. The molecular formula is C22H22N2O6. The Morgan fingerprint density at radius 3 is 2.27 bits per heavy atom. The van der Waals surface area contributed by atoms with Gasteiger partial charge in [-0.1, -0.05) is 18.2 Å². The highest BCUT2D eigenvalue weighted by atomic mass is 16.5. The van der Waals surface area contributed by atoms with Crippen LogP contribution in [-0.2, 0) is 4.79 Å². The first kappa shape index (κ1) is 20.8. The zero-order valence-electron chi connectivity index (χ0n) is 17.1. The van der Waals surface area contributed by atoms with Crippen molar-refractivity contribution in [2.75, 3.05) is 21.3 Å². The number of carbonyl (C=O) groups is 2. The number of nitrogens with one attached hydrogen (secondary N) is 2. The maximum atomic E-state index is 12.4. The highest BCUT2D eigenvalue weighted by molar-refractivity contribution is 6.00. The van der Waals surface area contributed by atoms with Crippen LogP contribution in [-0.4, -0.2) is 33.1 Å². The van der Waals surface area contributed by atoms with Gasteiger partial charge in [0.2, 0.25) is 0 Å². The molecule has 2 N–H and O–H groups in total. The van der Waals surface area contributed by atoms with Crippen LogP contribution in [0.15, 0.2) is 46.9 Å². The number of benzene rings is 2. The molecule has 0 atom stereocenters. The molecule has 156 valence electrons. The SMILES string of the molecule is COc1cc(OC)c(OC)cc1/C=C/C(=O)NNC(=O)c1oc2ccccc2c1C. The second-order valence-corrected chi connectivity index (χ2v) is 6.28. The van der Waals surface area contributed by atoms with Crippen molar-refractivity contribution < 1.29 is 28.2 Å². The van der Waals surface area contributed by atoms with Crippen molar-refractivity contribution in [1.82, 2.24) is 10.9 Å². The third-order valence-electron chi connectivity index (χ3n) is 4.50. The van der Waals surface area contributed by atoms with Crippen LogP contribution in [0.4, 0.5) is 0 Å². The fourth-order valence-electron chi connectivity index (χ4n) is 2.96. The van der Waals surface area contributed by atoms with E-state index in [9.17, 15) is 9.59 Å². The van der Waals surface area contributed by atoms with Crippen molar-refractivity contribution in [2.24, 2.45) is 0 Å². The molecule has 0 aliphatic carbocycles. The molecule has 1 aromatic heterocycles. The number of rotatable bonds is 6. The van der Waals surface area contributed by atoms with Crippen LogP contribution in [0.3, 0.4) is 0 Å². The van der Waals surface area contributed by atoms with Gasteiger partial charge in [0.25, 0.3) is 5.91 Å². The Morgan fingerprint density at radius 2 is 1.60 bits per heavy atom. The van der Waals surface area contributed by atoms with Crippen LogP contribution in [0.5, 0.6) is 17.2 Å². The molecular weight excluding hydrogens is 388 g/mol. The summed E-state index contributed by atoms with van der Waals surface area (Å²) >= 11 is 0. The van der Waals surface area contributed by atoms with Crippen molar-refractivity contribution in [3.05, 3.63) is 59.4 Å². The van der Waals surface area contributed by atoms with E-state index < -0.39 is 11.8 Å². The van der Waals surface area contributed by atoms with Gasteiger partial charge >= 0.3 is 5.91 Å². The second kappa shape index (κ2) is 9.04. The fraction of sp³-hybridized carbons (Fsp3) is 0.182. The van der Waals surface area contributed by atoms with E-state index in [2.05, 4.69) is 10.9 Å². The average molecular weight is 410 g/mol. The van der Waals surface area contributed by atoms with Crippen LogP contribution in [0, 0.1) is 6.92 Å². The Balaban J connectivity index is 1.69. The predicted octanol–water partition coefficient (Wildman–Crippen LogP) is 3.24. The molecule has 0 saturated carbocycles. The molecule has 1 heterocycles. The van der Waals surface area contributed by atoms with Gasteiger partial charge in [-0.2, -0.15) is 0 Å². The van der Waals surface area contributed by atoms with E-state index in [0.717, 1.165) is 5.39 Å². The van der Waals surface area contributed by atoms with E-state index >= 15 is 0 Å². The Bertz CT molecular complexity index is 1120. The van der Waals surface area contributed by atoms with E-state index in [-0.39, 0.29) is 5.76 Å². The normalized spacial score (nSPS) is 10.8. The van der Waals surface area contributed by atoms with E-state index in [4.69, 9.17) is 18.6 Å². The number of amides is 2. The summed E-state index contributed by atoms with van der Waals surface area (Å²) in [5, 5.41) is 0.842. The van der Waals surface area contributed by atoms with Gasteiger partial charge in [-0.05, 0) is 25.1 Å². The summed E-state index contributed by atoms with van der Waals surface area (Å²) < 4.78 is 21.4. The molecule has 0 fully saturated rings. The summed E-state index contributed by atoms with van der Waals surface area (Å²) in [7, 11) is 4.54. The van der Waals surface area contributed by atoms with Gasteiger partial charge in [-0.3, -0.25) is 20.4 Å². The molecule has 0 saturated heterocycles. The molecule has 8 heteroatoms. The number of para-hydroxylation sites is 1. The predicted molar refractivity (Wildman–Crippen MR) is 112 cm³/mol. The minimum absolute atomic E-state index is 0.141. The Labute approximate surface area is 173 Å². The van der Waals surface area contributed by atoms with Crippen molar-refractivity contribution in [3.63, 3.8) is 0 Å². The zero-order valence-corrected chi connectivity index (χ0v) is 17.1. The van der Waals surface area contributed by atoms with Gasteiger partial charge in [0.1, 0.15) is 11.3 Å². The molecule has 3 aromatic rings. The van der Waals surface area contributed by atoms with E-state index in [1.165, 1.54) is 33.5 Å². The minimum Gasteiger partial charge on any atom is -0.496 e. The lowest BCUT2D eigenvalue weighted by atomic mass is 10.1. The summed E-state index contributed by atoms with van der Waals surface area (Å²) in [5.74, 6) is 0.556. The number of ether oxygens (including phenoxy) is 3. The lowest BCUT2D eigenvalue weighted by Crippen LogP contribution is -2.40. The topological polar surface area (TPSA) is 99.0 Å². The lowest BCUT2D eigenvalue weighted by molar-refractivity contribution is -0.117. The number of hydrogen-bond acceptors (Lipinski definition) is 6. The summed E-state index contributed by atoms with van der Waals surface area (Å²) in [5.41, 5.74) is 6.58. The number of hydrazine groups is 1. The zero-order chi connectivity index (χ0) is 21.7. The van der Waals surface area contributed by atoms with Crippen LogP contribution < -0.4 is 25.1 Å². The highest BCUT2D eigenvalue weighted by Gasteiger charge is 2.17. The van der Waals surface area contributed by atoms with E-state index in [1.54, 1.807) is 25.1 Å². The number of methoxy groups -OCH3 is 3. The van der Waals surface area contributed by atoms with Gasteiger partial charge in [0, 0.05) is 28.7 Å². The molecule has 0 aliphatic heterocycles. The summed E-state index contributed by atoms with van der Waals surface area (Å²) in [6, 6.07) is 10.7. The minimum atomic E-state index is -0.547. The third kappa shape index (κ3) is 4.22. The molecule has 0 radical (unpaired) electrons. The number of hydrogen-bond donors (Lipinski definition) is 2. The molecule has 0 spiro atoms. The van der Waals surface area contributed by atoms with Crippen LogP contribution in [0.25, 0.3) is 17.0 Å². The average Bonchev–Trinajstić information content (AvgIpc) is 3.12. The van der Waals surface area contributed by atoms with Gasteiger partial charge in [-0.15, -0.1) is 0 Å². The Morgan fingerprint density at radius 1 is 0.933 bits per heavy atom.